The van der Waals surface area contributed by atoms with Crippen molar-refractivity contribution in [1.29, 1.82) is 0 Å². The van der Waals surface area contributed by atoms with Gasteiger partial charge in [-0.1, -0.05) is 98.8 Å². The molecule has 0 spiro atoms. The number of nitrogens with one attached hydrogen (secondary N) is 7. The molecule has 1 aromatic carbocycles. The number of pyridine rings is 1. The molecule has 1 aliphatic rings. The number of rotatable bonds is 38. The lowest BCUT2D eigenvalue weighted by Crippen LogP contribution is -2.59. The quantitative estimate of drug-likeness (QED) is 0.0229. The number of carbonyl (C=O) groups is 9. The van der Waals surface area contributed by atoms with Crippen molar-refractivity contribution in [2.45, 2.75) is 199 Å². The first-order valence-corrected chi connectivity index (χ1v) is 35.3. The summed E-state index contributed by atoms with van der Waals surface area (Å²) in [4.78, 5) is 141. The molecule has 10 amide bonds. The smallest absolute Gasteiger partial charge is 0.312 e. The maximum Gasteiger partial charge on any atom is 0.312 e. The van der Waals surface area contributed by atoms with Crippen molar-refractivity contribution in [2.24, 2.45) is 35.3 Å². The third kappa shape index (κ3) is 25.7. The van der Waals surface area contributed by atoms with Gasteiger partial charge in [0.2, 0.25) is 62.3 Å². The summed E-state index contributed by atoms with van der Waals surface area (Å²) in [5.41, 5.74) is 7.21. The molecule has 3 heterocycles. The standard InChI is InChI=1S/C69H106N14O13S/c1-16-45(8)60(82(12)67(91)58(43(4)5)80-66(90)59(44(6)7)81(10)11)54(95-13)38-56(85)83-36-24-28-53(83)61(96-14)46(9)62(86)78-52(37-50-26-20-22-34-71-50)63(87)73-39-47-30-32-49(33-31-47)76-64(88)51(27-21-23-35-72-68(70)92)77-65(89)57(42(2)3)79-55(84)29-19-17-18-25-48-40-74-69(75-41-48)97(15,93)94/h20,22,26,30-34,40-46,51-54,57-61H,16-17,19,21,23-24,27-29,35-39H2,1-15H3,(H,73,87)(H,76,88)(H,77,89)(H,78,86)(H,79,84)(H,80,90)(H3,70,72,92)/t45-,46+,51-,52-,53-,54+,57-,58-,59-,60-,61+/m0/s1. The summed E-state index contributed by atoms with van der Waals surface area (Å²) < 4.78 is 35.5. The Labute approximate surface area is 573 Å². The lowest BCUT2D eigenvalue weighted by Gasteiger charge is -2.41. The number of hydrogen-bond acceptors (Lipinski definition) is 17. The number of nitrogens with zero attached hydrogens (tertiary/aromatic N) is 6. The minimum Gasteiger partial charge on any atom is -0.379 e. The molecule has 0 radical (unpaired) electrons. The molecule has 1 aliphatic heterocycles. The van der Waals surface area contributed by atoms with Crippen molar-refractivity contribution in [3.63, 3.8) is 0 Å². The first-order valence-electron chi connectivity index (χ1n) is 33.4. The minimum atomic E-state index is -3.56. The van der Waals surface area contributed by atoms with Crippen LogP contribution in [0, 0.1) is 41.4 Å². The molecule has 3 aromatic rings. The average Bonchev–Trinajstić information content (AvgIpc) is 1.79. The van der Waals surface area contributed by atoms with Crippen molar-refractivity contribution < 1.29 is 61.0 Å². The van der Waals surface area contributed by atoms with Crippen LogP contribution >= 0.6 is 0 Å². The van der Waals surface area contributed by atoms with E-state index in [1.807, 2.05) is 60.5 Å². The van der Waals surface area contributed by atoms with Crippen molar-refractivity contribution >= 4 is 68.8 Å². The maximum atomic E-state index is 14.6. The Hall–Kier alpha value is -8.13. The highest BCUT2D eigenvalue weighted by Gasteiger charge is 2.44. The molecule has 11 atom stereocenters. The van der Waals surface area contributed by atoms with E-state index in [-0.39, 0.29) is 85.3 Å². The van der Waals surface area contributed by atoms with E-state index in [2.05, 4.69) is 64.0 Å². The highest BCUT2D eigenvalue weighted by molar-refractivity contribution is 7.90. The lowest BCUT2D eigenvalue weighted by atomic mass is 9.89. The van der Waals surface area contributed by atoms with Crippen molar-refractivity contribution in [2.75, 3.05) is 60.0 Å². The predicted octanol–water partition coefficient (Wildman–Crippen LogP) is 3.89. The van der Waals surface area contributed by atoms with Crippen LogP contribution in [0.4, 0.5) is 10.5 Å². The number of amides is 10. The van der Waals surface area contributed by atoms with E-state index in [9.17, 15) is 51.6 Å². The first-order chi connectivity index (χ1) is 45.8. The van der Waals surface area contributed by atoms with Gasteiger partial charge in [0, 0.05) is 96.4 Å². The van der Waals surface area contributed by atoms with E-state index in [0.717, 1.165) is 6.26 Å². The second-order valence-electron chi connectivity index (χ2n) is 26.3. The molecule has 0 bridgehead atoms. The fourth-order valence-corrected chi connectivity index (χ4v) is 12.5. The van der Waals surface area contributed by atoms with Crippen LogP contribution in [-0.4, -0.2) is 201 Å². The van der Waals surface area contributed by atoms with Gasteiger partial charge in [-0.25, -0.2) is 23.2 Å². The second-order valence-corrected chi connectivity index (χ2v) is 28.2. The maximum absolute atomic E-state index is 14.6. The topological polar surface area (TPSA) is 365 Å². The molecule has 536 valence electrons. The van der Waals surface area contributed by atoms with Gasteiger partial charge in [-0.15, -0.1) is 0 Å². The van der Waals surface area contributed by atoms with Crippen LogP contribution in [0.25, 0.3) is 0 Å². The number of aromatic nitrogens is 3. The Kier molecular flexibility index (Phi) is 33.5. The Morgan fingerprint density at radius 1 is 0.742 bits per heavy atom. The largest absolute Gasteiger partial charge is 0.379 e. The van der Waals surface area contributed by atoms with Crippen LogP contribution in [0.5, 0.6) is 0 Å². The number of nitrogens with two attached hydrogens (primary N) is 1. The van der Waals surface area contributed by atoms with Crippen LogP contribution in [0.15, 0.2) is 66.2 Å². The van der Waals surface area contributed by atoms with Crippen LogP contribution in [0.1, 0.15) is 143 Å². The minimum absolute atomic E-state index is 0.00939. The molecule has 27 nitrogen and oxygen atoms in total. The fraction of sp³-hybridized carbons (Fsp3) is 0.623. The summed E-state index contributed by atoms with van der Waals surface area (Å²) in [6.07, 6.45) is 7.21. The average molecular weight is 1370 g/mol. The third-order valence-electron chi connectivity index (χ3n) is 17.4. The zero-order chi connectivity index (χ0) is 72.3. The van der Waals surface area contributed by atoms with Gasteiger partial charge in [-0.3, -0.25) is 48.2 Å². The zero-order valence-electron chi connectivity index (χ0n) is 59.2. The zero-order valence-corrected chi connectivity index (χ0v) is 60.0. The number of hydrogen-bond donors (Lipinski definition) is 8. The molecular weight excluding hydrogens is 1260 g/mol. The van der Waals surface area contributed by atoms with Crippen molar-refractivity contribution in [3.8, 4) is 11.8 Å². The number of anilines is 1. The predicted molar refractivity (Wildman–Crippen MR) is 368 cm³/mol. The summed E-state index contributed by atoms with van der Waals surface area (Å²) >= 11 is 0. The molecule has 0 saturated carbocycles. The van der Waals surface area contributed by atoms with E-state index < -0.39 is 106 Å². The molecule has 1 saturated heterocycles. The molecular formula is C69H106N14O13S. The number of sulfone groups is 1. The van der Waals surface area contributed by atoms with Gasteiger partial charge in [0.05, 0.1) is 48.2 Å². The monoisotopic (exact) mass is 1370 g/mol. The number of ether oxygens (including phenoxy) is 2. The van der Waals surface area contributed by atoms with Gasteiger partial charge >= 0.3 is 6.03 Å². The molecule has 0 aliphatic carbocycles. The van der Waals surface area contributed by atoms with E-state index in [1.165, 1.54) is 26.6 Å². The van der Waals surface area contributed by atoms with Crippen molar-refractivity contribution in [1.82, 2.24) is 61.6 Å². The lowest BCUT2D eigenvalue weighted by molar-refractivity contribution is -0.148. The first kappa shape index (κ1) is 81.3. The third-order valence-corrected chi connectivity index (χ3v) is 18.3. The van der Waals surface area contributed by atoms with E-state index >= 15 is 0 Å². The van der Waals surface area contributed by atoms with E-state index in [1.54, 1.807) is 86.3 Å². The number of benzene rings is 1. The van der Waals surface area contributed by atoms with Gasteiger partial charge in [0.25, 0.3) is 0 Å². The highest BCUT2D eigenvalue weighted by Crippen LogP contribution is 2.30. The van der Waals surface area contributed by atoms with Gasteiger partial charge in [-0.05, 0) is 106 Å². The number of urea groups is 1. The number of primary amides is 1. The molecule has 97 heavy (non-hydrogen) atoms. The van der Waals surface area contributed by atoms with Gasteiger partial charge in [-0.2, -0.15) is 0 Å². The van der Waals surface area contributed by atoms with E-state index in [0.29, 0.717) is 74.0 Å². The summed E-state index contributed by atoms with van der Waals surface area (Å²) in [5.74, 6) is 0.851. The highest BCUT2D eigenvalue weighted by atomic mass is 32.2. The number of methoxy groups -OCH3 is 2. The summed E-state index contributed by atoms with van der Waals surface area (Å²) in [5, 5.41) is 19.6. The Balaban J connectivity index is 1.43. The SMILES string of the molecule is CC[C@H](C)[C@@H]([C@@H](CC(=O)N1CCC[C@H]1[C@H](OC)[C@@H](C)C(=O)N[C@@H](Cc1ccccn1)C(=O)NCc1ccc(NC(=O)[C@H](CCCCNC(N)=O)NC(=O)[C@@H](NC(=O)CCCC#Cc2cnc(S(C)(=O)=O)nc2)C(C)C)cc1)OC)N(C)C(=O)[C@@H](NC(=O)[C@H](C(C)C)N(C)C)C(C)C. The molecule has 4 rings (SSSR count). The summed E-state index contributed by atoms with van der Waals surface area (Å²) in [6.45, 7) is 17.6. The van der Waals surface area contributed by atoms with E-state index in [4.69, 9.17) is 15.2 Å². The fourth-order valence-electron chi connectivity index (χ4n) is 12.0. The summed E-state index contributed by atoms with van der Waals surface area (Å²) in [7, 11) is 4.81. The molecule has 1 fully saturated rings. The second kappa shape index (κ2) is 39.9. The number of likely N-dealkylation sites (tertiary alicyclic amines) is 1. The number of carbonyl (C=O) groups excluding carboxylic acids is 9. The molecule has 28 heteroatoms. The Morgan fingerprint density at radius 2 is 1.40 bits per heavy atom. The molecule has 9 N–H and O–H groups in total. The van der Waals surface area contributed by atoms with Crippen molar-refractivity contribution in [3.05, 3.63) is 77.9 Å². The number of likely N-dealkylation sites (N-methyl/N-ethyl adjacent to an activating group) is 2. The van der Waals surface area contributed by atoms with Crippen LogP contribution in [-0.2, 0) is 70.6 Å². The van der Waals surface area contributed by atoms with Gasteiger partial charge in [0.15, 0.2) is 0 Å². The summed E-state index contributed by atoms with van der Waals surface area (Å²) in [6, 6.07) is 5.71. The van der Waals surface area contributed by atoms with Gasteiger partial charge < -0.3 is 62.2 Å². The Bertz CT molecular complexity index is 3250. The van der Waals surface area contributed by atoms with Crippen LogP contribution in [0.2, 0.25) is 0 Å². The molecule has 2 aromatic heterocycles. The normalized spacial score (nSPS) is 16.2. The van der Waals surface area contributed by atoms with Crippen LogP contribution in [0.3, 0.4) is 0 Å². The van der Waals surface area contributed by atoms with Gasteiger partial charge in [0.1, 0.15) is 24.2 Å². The Morgan fingerprint density at radius 3 is 1.97 bits per heavy atom. The molecule has 0 unspecified atom stereocenters. The number of unbranched alkanes of at least 4 members (excludes halogenated alkanes) is 2. The van der Waals surface area contributed by atoms with Crippen LogP contribution < -0.4 is 43.0 Å².